The normalized spacial score (nSPS) is 11.5. The van der Waals surface area contributed by atoms with Crippen molar-refractivity contribution in [2.24, 2.45) is 5.41 Å². The second-order valence-corrected chi connectivity index (χ2v) is 6.86. The van der Waals surface area contributed by atoms with Crippen molar-refractivity contribution < 1.29 is 18.8 Å². The highest BCUT2D eigenvalue weighted by atomic mass is 16.5. The number of ketones is 1. The average molecular weight is 337 g/mol. The van der Waals surface area contributed by atoms with Crippen LogP contribution >= 0.6 is 0 Å². The minimum atomic E-state index is -0.542. The molecule has 0 spiro atoms. The van der Waals surface area contributed by atoms with Crippen molar-refractivity contribution in [1.82, 2.24) is 5.16 Å². The van der Waals surface area contributed by atoms with Crippen LogP contribution in [-0.2, 0) is 9.53 Å². The summed E-state index contributed by atoms with van der Waals surface area (Å²) < 4.78 is 10.6. The molecule has 0 amide bonds. The van der Waals surface area contributed by atoms with Crippen LogP contribution < -0.4 is 0 Å². The maximum atomic E-state index is 12.3. The van der Waals surface area contributed by atoms with E-state index >= 15 is 0 Å². The Morgan fingerprint density at radius 2 is 1.80 bits per heavy atom. The van der Waals surface area contributed by atoms with Gasteiger partial charge in [-0.1, -0.05) is 56.3 Å². The lowest BCUT2D eigenvalue weighted by atomic mass is 9.91. The zero-order chi connectivity index (χ0) is 18.0. The number of carbonyl (C=O) groups is 2. The molecule has 1 heterocycles. The zero-order valence-electron chi connectivity index (χ0n) is 14.4. The van der Waals surface area contributed by atoms with Crippen molar-refractivity contribution in [2.75, 3.05) is 6.61 Å². The summed E-state index contributed by atoms with van der Waals surface area (Å²) in [6.07, 6.45) is 0. The van der Waals surface area contributed by atoms with Gasteiger partial charge in [-0.3, -0.25) is 4.79 Å². The molecule has 5 heteroatoms. The van der Waals surface area contributed by atoms with E-state index in [9.17, 15) is 9.59 Å². The van der Waals surface area contributed by atoms with Crippen LogP contribution in [0, 0.1) is 5.41 Å². The molecule has 0 atom stereocenters. The predicted molar refractivity (Wildman–Crippen MR) is 94.2 cm³/mol. The fraction of sp³-hybridized carbons (Fsp3) is 0.250. The molecule has 2 aromatic carbocycles. The zero-order valence-corrected chi connectivity index (χ0v) is 14.4. The lowest BCUT2D eigenvalue weighted by Gasteiger charge is -2.16. The van der Waals surface area contributed by atoms with Crippen LogP contribution in [0.5, 0.6) is 0 Å². The summed E-state index contributed by atoms with van der Waals surface area (Å²) in [4.78, 5) is 24.2. The number of Topliss-reactive ketones (excluding diaryl/α,β-unsaturated/α-hetero) is 1. The molecule has 0 saturated heterocycles. The van der Waals surface area contributed by atoms with E-state index in [1.54, 1.807) is 39.0 Å². The first-order chi connectivity index (χ1) is 11.9. The molecular formula is C20H19NO4. The number of esters is 1. The van der Waals surface area contributed by atoms with E-state index in [2.05, 4.69) is 5.16 Å². The predicted octanol–water partition coefficient (Wildman–Crippen LogP) is 4.27. The van der Waals surface area contributed by atoms with E-state index in [4.69, 9.17) is 9.26 Å². The van der Waals surface area contributed by atoms with E-state index in [-0.39, 0.29) is 12.4 Å². The van der Waals surface area contributed by atoms with E-state index < -0.39 is 11.4 Å². The molecule has 0 unspecified atom stereocenters. The first-order valence-corrected chi connectivity index (χ1v) is 8.01. The third-order valence-corrected chi connectivity index (χ3v) is 3.92. The molecule has 0 fully saturated rings. The van der Waals surface area contributed by atoms with Gasteiger partial charge in [0.2, 0.25) is 0 Å². The lowest BCUT2D eigenvalue weighted by molar-refractivity contribution is -0.129. The first-order valence-electron chi connectivity index (χ1n) is 8.01. The summed E-state index contributed by atoms with van der Waals surface area (Å²) >= 11 is 0. The summed E-state index contributed by atoms with van der Waals surface area (Å²) in [5, 5.41) is 4.75. The summed E-state index contributed by atoms with van der Waals surface area (Å²) in [5.74, 6) is -0.0763. The van der Waals surface area contributed by atoms with Crippen LogP contribution in [0.15, 0.2) is 53.1 Å². The Morgan fingerprint density at radius 3 is 2.48 bits per heavy atom. The number of fused-ring (bicyclic) bond motifs is 1. The van der Waals surface area contributed by atoms with E-state index in [1.807, 2.05) is 30.3 Å². The van der Waals surface area contributed by atoms with E-state index in [0.29, 0.717) is 16.8 Å². The number of hydrogen-bond acceptors (Lipinski definition) is 5. The molecule has 0 aliphatic heterocycles. The molecule has 1 aromatic heterocycles. The molecule has 0 aliphatic carbocycles. The maximum absolute atomic E-state index is 12.3. The van der Waals surface area contributed by atoms with Gasteiger partial charge in [0, 0.05) is 11.0 Å². The number of nitrogens with zero attached hydrogens (tertiary/aromatic N) is 1. The van der Waals surface area contributed by atoms with Crippen LogP contribution in [0.2, 0.25) is 0 Å². The molecule has 128 valence electrons. The SMILES string of the molecule is CC(C)(C)C(=O)COC(=O)c1ccc2noc(-c3ccccc3)c2c1. The number of aromatic nitrogens is 1. The minimum absolute atomic E-state index is 0.128. The number of rotatable bonds is 4. The molecule has 3 rings (SSSR count). The Morgan fingerprint density at radius 1 is 1.08 bits per heavy atom. The molecule has 5 nitrogen and oxygen atoms in total. The summed E-state index contributed by atoms with van der Waals surface area (Å²) in [6.45, 7) is 5.13. The van der Waals surface area contributed by atoms with Gasteiger partial charge in [-0.2, -0.15) is 0 Å². The van der Waals surface area contributed by atoms with Crippen LogP contribution in [0.3, 0.4) is 0 Å². The Bertz CT molecular complexity index is 920. The Labute approximate surface area is 145 Å². The van der Waals surface area contributed by atoms with Gasteiger partial charge in [0.15, 0.2) is 18.2 Å². The highest BCUT2D eigenvalue weighted by Gasteiger charge is 2.23. The Hall–Kier alpha value is -2.95. The number of benzene rings is 2. The quantitative estimate of drug-likeness (QED) is 0.665. The fourth-order valence-electron chi connectivity index (χ4n) is 2.30. The highest BCUT2D eigenvalue weighted by molar-refractivity contribution is 5.99. The standard InChI is InChI=1S/C20H19NO4/c1-20(2,3)17(22)12-24-19(23)14-9-10-16-15(11-14)18(25-21-16)13-7-5-4-6-8-13/h4-11H,12H2,1-3H3. The Kier molecular flexibility index (Phi) is 4.40. The monoisotopic (exact) mass is 337 g/mol. The Balaban J connectivity index is 1.86. The minimum Gasteiger partial charge on any atom is -0.454 e. The third-order valence-electron chi connectivity index (χ3n) is 3.92. The first kappa shape index (κ1) is 16.9. The largest absolute Gasteiger partial charge is 0.454 e. The van der Waals surface area contributed by atoms with Gasteiger partial charge in [0.1, 0.15) is 5.52 Å². The van der Waals surface area contributed by atoms with Crippen LogP contribution in [0.1, 0.15) is 31.1 Å². The van der Waals surface area contributed by atoms with Crippen LogP contribution in [0.25, 0.3) is 22.2 Å². The van der Waals surface area contributed by atoms with Crippen LogP contribution in [0.4, 0.5) is 0 Å². The van der Waals surface area contributed by atoms with E-state index in [1.165, 1.54) is 0 Å². The highest BCUT2D eigenvalue weighted by Crippen LogP contribution is 2.29. The second kappa shape index (κ2) is 6.51. The molecular weight excluding hydrogens is 318 g/mol. The van der Waals surface area contributed by atoms with E-state index in [0.717, 1.165) is 10.9 Å². The van der Waals surface area contributed by atoms with Gasteiger partial charge in [0.25, 0.3) is 0 Å². The van der Waals surface area contributed by atoms with Gasteiger partial charge in [-0.15, -0.1) is 0 Å². The molecule has 0 aliphatic rings. The number of hydrogen-bond donors (Lipinski definition) is 0. The van der Waals surface area contributed by atoms with Gasteiger partial charge in [-0.25, -0.2) is 4.79 Å². The van der Waals surface area contributed by atoms with Crippen LogP contribution in [-0.4, -0.2) is 23.5 Å². The molecule has 0 bridgehead atoms. The average Bonchev–Trinajstić information content (AvgIpc) is 3.02. The van der Waals surface area contributed by atoms with Crippen molar-refractivity contribution in [1.29, 1.82) is 0 Å². The van der Waals surface area contributed by atoms with Crippen molar-refractivity contribution in [2.45, 2.75) is 20.8 Å². The van der Waals surface area contributed by atoms with Crippen molar-refractivity contribution in [3.8, 4) is 11.3 Å². The van der Waals surface area contributed by atoms with Crippen molar-refractivity contribution in [3.05, 3.63) is 54.1 Å². The molecule has 3 aromatic rings. The number of carbonyl (C=O) groups excluding carboxylic acids is 2. The van der Waals surface area contributed by atoms with Gasteiger partial charge in [0.05, 0.1) is 10.9 Å². The molecule has 0 N–H and O–H groups in total. The summed E-state index contributed by atoms with van der Waals surface area (Å²) in [5.41, 5.74) is 1.34. The molecule has 25 heavy (non-hydrogen) atoms. The van der Waals surface area contributed by atoms with Crippen molar-refractivity contribution >= 4 is 22.7 Å². The number of ether oxygens (including phenoxy) is 1. The maximum Gasteiger partial charge on any atom is 0.338 e. The van der Waals surface area contributed by atoms with Gasteiger partial charge in [-0.05, 0) is 18.2 Å². The third kappa shape index (κ3) is 3.60. The van der Waals surface area contributed by atoms with Crippen molar-refractivity contribution in [3.63, 3.8) is 0 Å². The second-order valence-electron chi connectivity index (χ2n) is 6.86. The lowest BCUT2D eigenvalue weighted by Crippen LogP contribution is -2.26. The topological polar surface area (TPSA) is 69.4 Å². The summed E-state index contributed by atoms with van der Waals surface area (Å²) in [6, 6.07) is 14.5. The molecule has 0 saturated carbocycles. The fourth-order valence-corrected chi connectivity index (χ4v) is 2.30. The smallest absolute Gasteiger partial charge is 0.338 e. The van der Waals surface area contributed by atoms with Gasteiger partial charge >= 0.3 is 5.97 Å². The molecule has 0 radical (unpaired) electrons. The summed E-state index contributed by atoms with van der Waals surface area (Å²) in [7, 11) is 0. The van der Waals surface area contributed by atoms with Gasteiger partial charge < -0.3 is 9.26 Å².